The van der Waals surface area contributed by atoms with Crippen LogP contribution in [-0.2, 0) is 22.6 Å². The van der Waals surface area contributed by atoms with Gasteiger partial charge in [-0.05, 0) is 33.4 Å². The number of ether oxygens (including phenoxy) is 2. The van der Waals surface area contributed by atoms with E-state index in [1.807, 2.05) is 38.9 Å². The Morgan fingerprint density at radius 3 is 2.25 bits per heavy atom. The molecule has 240 valence electrons. The highest BCUT2D eigenvalue weighted by molar-refractivity contribution is 8.76. The highest BCUT2D eigenvalue weighted by atomic mass is 33.1. The van der Waals surface area contributed by atoms with Crippen LogP contribution in [0.3, 0.4) is 0 Å². The van der Waals surface area contributed by atoms with Crippen molar-refractivity contribution in [2.45, 2.75) is 82.2 Å². The predicted octanol–water partition coefficient (Wildman–Crippen LogP) is -0.476. The van der Waals surface area contributed by atoms with E-state index in [1.165, 1.54) is 21.6 Å². The molecule has 0 aromatic heterocycles. The van der Waals surface area contributed by atoms with Gasteiger partial charge in [-0.2, -0.15) is 34.3 Å². The van der Waals surface area contributed by atoms with Gasteiger partial charge in [-0.1, -0.05) is 28.5 Å². The standard InChI is InChI=1S/C18H47N5O12P3S2/c1-6-9-23(17(22-8-7-19)16(20)18(3,4)21)15-10-13(32-12(2)40-39-5)14(33-15)11-31-37(27,28)35-38(29,30)34-36(24,25)26/h12-17,22,24-30H,6-11,19-21H2,1-5H3/q+3. The molecule has 1 saturated heterocycles. The van der Waals surface area contributed by atoms with E-state index < -0.39 is 67.3 Å². The summed E-state index contributed by atoms with van der Waals surface area (Å²) in [5.74, 6) is 0. The van der Waals surface area contributed by atoms with Crippen molar-refractivity contribution in [3.05, 3.63) is 0 Å². The molecule has 0 bridgehead atoms. The van der Waals surface area contributed by atoms with Gasteiger partial charge < -0.3 is 26.7 Å². The van der Waals surface area contributed by atoms with Gasteiger partial charge in [-0.25, -0.2) is 0 Å². The number of rotatable bonds is 20. The first-order valence-electron chi connectivity index (χ1n) is 12.3. The Morgan fingerprint density at radius 1 is 1.12 bits per heavy atom. The van der Waals surface area contributed by atoms with Gasteiger partial charge in [-0.3, -0.25) is 10.2 Å². The van der Waals surface area contributed by atoms with Crippen molar-refractivity contribution in [1.29, 1.82) is 0 Å². The van der Waals surface area contributed by atoms with Crippen molar-refractivity contribution < 1.29 is 56.9 Å². The van der Waals surface area contributed by atoms with E-state index in [0.717, 1.165) is 6.42 Å². The van der Waals surface area contributed by atoms with E-state index in [9.17, 15) is 19.6 Å². The molecule has 1 heterocycles. The van der Waals surface area contributed by atoms with Gasteiger partial charge in [0.1, 0.15) is 24.4 Å². The van der Waals surface area contributed by atoms with E-state index in [2.05, 4.69) is 13.9 Å². The summed E-state index contributed by atoms with van der Waals surface area (Å²) in [5, 5.41) is 3.35. The second kappa shape index (κ2) is 17.1. The molecule has 40 heavy (non-hydrogen) atoms. The largest absolute Gasteiger partial charge is 0.667 e. The molecular formula is C18H47N5O12P3S2+3. The molecule has 6 atom stereocenters. The Bertz CT molecular complexity index is 744. The lowest BCUT2D eigenvalue weighted by atomic mass is 9.93. The van der Waals surface area contributed by atoms with E-state index in [4.69, 9.17) is 45.9 Å². The Morgan fingerprint density at radius 2 is 1.75 bits per heavy atom. The molecule has 17 nitrogen and oxygen atoms in total. The molecule has 0 amide bonds. The zero-order chi connectivity index (χ0) is 30.9. The molecule has 0 saturated carbocycles. The maximum Gasteiger partial charge on any atom is 0.667 e. The monoisotopic (exact) mass is 682 g/mol. The molecule has 0 radical (unpaired) electrons. The second-order valence-electron chi connectivity index (χ2n) is 9.60. The van der Waals surface area contributed by atoms with Gasteiger partial charge >= 0.3 is 24.5 Å². The van der Waals surface area contributed by atoms with Crippen LogP contribution in [0, 0.1) is 0 Å². The molecule has 0 aromatic rings. The molecular weight excluding hydrogens is 635 g/mol. The van der Waals surface area contributed by atoms with Gasteiger partial charge in [0.05, 0.1) is 26.9 Å². The highest BCUT2D eigenvalue weighted by Gasteiger charge is 2.69. The summed E-state index contributed by atoms with van der Waals surface area (Å²) in [5.41, 5.74) is 17.6. The van der Waals surface area contributed by atoms with Crippen molar-refractivity contribution in [3.63, 3.8) is 0 Å². The SMILES string of the molecule is CCCN(C1CC(OC(C)SSC)C(CO[P+](O)(O)O[P+](O)(O)O[P+](O)(O)O)O1)C(NCCN)C(N)C(C)(C)N. The number of nitrogens with one attached hydrogen (secondary N) is 1. The fourth-order valence-electron chi connectivity index (χ4n) is 3.90. The van der Waals surface area contributed by atoms with E-state index in [-0.39, 0.29) is 5.44 Å². The Balaban J connectivity index is 3.17. The smallest absolute Gasteiger partial charge is 0.361 e. The minimum absolute atomic E-state index is 0.280. The lowest BCUT2D eigenvalue weighted by molar-refractivity contribution is -0.107. The number of nitrogens with two attached hydrogens (primary N) is 3. The molecule has 1 rings (SSSR count). The molecule has 1 fully saturated rings. The first-order valence-corrected chi connectivity index (χ1v) is 19.6. The van der Waals surface area contributed by atoms with Crippen LogP contribution in [0.2, 0.25) is 0 Å². The van der Waals surface area contributed by atoms with Crippen molar-refractivity contribution in [2.24, 2.45) is 17.2 Å². The fourth-order valence-corrected chi connectivity index (χ4v) is 8.48. The average Bonchev–Trinajstić information content (AvgIpc) is 3.16. The van der Waals surface area contributed by atoms with Gasteiger partial charge in [0.2, 0.25) is 0 Å². The number of nitrogens with zero attached hydrogens (tertiary/aromatic N) is 1. The third kappa shape index (κ3) is 14.4. The summed E-state index contributed by atoms with van der Waals surface area (Å²) in [6.45, 7) is 8.30. The number of hydrogen-bond acceptors (Lipinski definition) is 19. The molecule has 6 unspecified atom stereocenters. The van der Waals surface area contributed by atoms with Gasteiger partial charge in [0, 0.05) is 31.6 Å². The van der Waals surface area contributed by atoms with Gasteiger partial charge in [0.15, 0.2) is 0 Å². The Labute approximate surface area is 244 Å². The quantitative estimate of drug-likeness (QED) is 0.0439. The second-order valence-corrected chi connectivity index (χ2v) is 16.9. The van der Waals surface area contributed by atoms with Crippen LogP contribution < -0.4 is 22.5 Å². The minimum Gasteiger partial charge on any atom is -0.361 e. The minimum atomic E-state index is -5.29. The van der Waals surface area contributed by atoms with E-state index in [1.54, 1.807) is 0 Å². The normalized spacial score (nSPS) is 23.6. The third-order valence-electron chi connectivity index (χ3n) is 5.52. The lowest BCUT2D eigenvalue weighted by Crippen LogP contribution is -2.68. The van der Waals surface area contributed by atoms with Crippen molar-refractivity contribution in [2.75, 3.05) is 32.5 Å². The first-order chi connectivity index (χ1) is 18.2. The van der Waals surface area contributed by atoms with Crippen LogP contribution in [0.5, 0.6) is 0 Å². The lowest BCUT2D eigenvalue weighted by Gasteiger charge is -2.43. The van der Waals surface area contributed by atoms with Crippen LogP contribution in [0.4, 0.5) is 0 Å². The van der Waals surface area contributed by atoms with E-state index in [0.29, 0.717) is 26.1 Å². The molecule has 22 heteroatoms. The van der Waals surface area contributed by atoms with Crippen LogP contribution in [-0.4, -0.2) is 113 Å². The summed E-state index contributed by atoms with van der Waals surface area (Å²) >= 11 is 0. The van der Waals surface area contributed by atoms with Gasteiger partial charge in [0.25, 0.3) is 0 Å². The summed E-state index contributed by atoms with van der Waals surface area (Å²) < 4.78 is 25.5. The molecule has 14 N–H and O–H groups in total. The molecule has 0 aliphatic carbocycles. The molecule has 0 spiro atoms. The fraction of sp³-hybridized carbons (Fsp3) is 1.00. The zero-order valence-corrected chi connectivity index (χ0v) is 27.5. The molecule has 1 aliphatic rings. The first kappa shape index (κ1) is 39.3. The Kier molecular flexibility index (Phi) is 16.8. The van der Waals surface area contributed by atoms with Crippen molar-refractivity contribution in [1.82, 2.24) is 10.2 Å². The average molecular weight is 683 g/mol. The van der Waals surface area contributed by atoms with Gasteiger partial charge in [-0.15, -0.1) is 4.52 Å². The van der Waals surface area contributed by atoms with Crippen molar-refractivity contribution in [3.8, 4) is 0 Å². The van der Waals surface area contributed by atoms with Crippen LogP contribution >= 0.6 is 46.1 Å². The van der Waals surface area contributed by atoms with Crippen molar-refractivity contribution >= 4 is 46.1 Å². The van der Waals surface area contributed by atoms with Crippen LogP contribution in [0.1, 0.15) is 40.5 Å². The summed E-state index contributed by atoms with van der Waals surface area (Å²) in [7, 11) is -12.5. The molecule has 1 aliphatic heterocycles. The zero-order valence-electron chi connectivity index (χ0n) is 23.2. The van der Waals surface area contributed by atoms with Crippen LogP contribution in [0.25, 0.3) is 0 Å². The summed E-state index contributed by atoms with van der Waals surface area (Å²) in [6.07, 6.45) is 0.450. The topological polar surface area (TPSA) is 281 Å². The molecule has 0 aromatic carbocycles. The maximum atomic E-state index is 10.1. The van der Waals surface area contributed by atoms with Crippen LogP contribution in [0.15, 0.2) is 0 Å². The highest BCUT2D eigenvalue weighted by Crippen LogP contribution is 2.75. The summed E-state index contributed by atoms with van der Waals surface area (Å²) in [4.78, 5) is 68.2. The van der Waals surface area contributed by atoms with E-state index >= 15 is 0 Å². The maximum absolute atomic E-state index is 10.1. The predicted molar refractivity (Wildman–Crippen MR) is 157 cm³/mol. The Hall–Kier alpha value is 1.31. The summed E-state index contributed by atoms with van der Waals surface area (Å²) in [6, 6.07) is -0.539. The number of hydrogen-bond donors (Lipinski definition) is 11. The third-order valence-corrected chi connectivity index (χ3v) is 11.4.